The lowest BCUT2D eigenvalue weighted by atomic mass is 10.0. The number of hydrogen-bond donors (Lipinski definition) is 0. The maximum atomic E-state index is 13.6. The Bertz CT molecular complexity index is 1430. The third-order valence-electron chi connectivity index (χ3n) is 5.90. The van der Waals surface area contributed by atoms with E-state index < -0.39 is 0 Å². The molecule has 0 spiro atoms. The van der Waals surface area contributed by atoms with Crippen molar-refractivity contribution in [1.29, 1.82) is 0 Å². The Hall–Kier alpha value is -3.91. The van der Waals surface area contributed by atoms with Crippen LogP contribution in [0.3, 0.4) is 0 Å². The number of pyridine rings is 3. The summed E-state index contributed by atoms with van der Waals surface area (Å²) in [6.07, 6.45) is 5.30. The van der Waals surface area contributed by atoms with E-state index in [1.54, 1.807) is 29.9 Å². The third-order valence-corrected chi connectivity index (χ3v) is 6.94. The zero-order chi connectivity index (χ0) is 22.2. The van der Waals surface area contributed by atoms with Crippen molar-refractivity contribution >= 4 is 43.6 Å². The predicted molar refractivity (Wildman–Crippen MR) is 131 cm³/mol. The van der Waals surface area contributed by atoms with Gasteiger partial charge in [-0.1, -0.05) is 29.5 Å². The van der Waals surface area contributed by atoms with Crippen LogP contribution in [0, 0.1) is 0 Å². The molecular formula is C25H20N6OS. The Morgan fingerprint density at radius 1 is 0.879 bits per heavy atom. The summed E-state index contributed by atoms with van der Waals surface area (Å²) >= 11 is 1.60. The molecule has 6 rings (SSSR count). The molecule has 5 aromatic rings. The summed E-state index contributed by atoms with van der Waals surface area (Å²) in [5, 5.41) is 1.83. The van der Waals surface area contributed by atoms with Crippen LogP contribution in [-0.4, -0.2) is 56.9 Å². The van der Waals surface area contributed by atoms with E-state index in [0.29, 0.717) is 18.7 Å². The monoisotopic (exact) mass is 452 g/mol. The van der Waals surface area contributed by atoms with Crippen LogP contribution < -0.4 is 4.90 Å². The van der Waals surface area contributed by atoms with Crippen LogP contribution in [0.1, 0.15) is 10.4 Å². The van der Waals surface area contributed by atoms with Gasteiger partial charge >= 0.3 is 0 Å². The van der Waals surface area contributed by atoms with Crippen molar-refractivity contribution in [1.82, 2.24) is 24.8 Å². The molecule has 0 N–H and O–H groups in total. The topological polar surface area (TPSA) is 75.1 Å². The van der Waals surface area contributed by atoms with Gasteiger partial charge in [0.05, 0.1) is 16.8 Å². The van der Waals surface area contributed by atoms with Gasteiger partial charge in [0.2, 0.25) is 0 Å². The van der Waals surface area contributed by atoms with Crippen LogP contribution >= 0.6 is 11.3 Å². The molecule has 1 aliphatic heterocycles. The maximum Gasteiger partial charge on any atom is 0.254 e. The van der Waals surface area contributed by atoms with Crippen molar-refractivity contribution in [2.75, 3.05) is 31.1 Å². The number of fused-ring (bicyclic) bond motifs is 2. The fourth-order valence-corrected chi connectivity index (χ4v) is 5.14. The van der Waals surface area contributed by atoms with E-state index in [9.17, 15) is 4.79 Å². The van der Waals surface area contributed by atoms with E-state index >= 15 is 0 Å². The van der Waals surface area contributed by atoms with Crippen molar-refractivity contribution in [2.45, 2.75) is 0 Å². The minimum atomic E-state index is 0.0318. The molecule has 0 saturated carbocycles. The second-order valence-corrected chi connectivity index (χ2v) is 8.87. The lowest BCUT2D eigenvalue weighted by molar-refractivity contribution is 0.0748. The summed E-state index contributed by atoms with van der Waals surface area (Å²) in [5.74, 6) is 0.0318. The highest BCUT2D eigenvalue weighted by Crippen LogP contribution is 2.29. The Morgan fingerprint density at radius 3 is 2.52 bits per heavy atom. The molecule has 1 fully saturated rings. The lowest BCUT2D eigenvalue weighted by Gasteiger charge is -2.34. The van der Waals surface area contributed by atoms with Gasteiger partial charge in [-0.2, -0.15) is 0 Å². The highest BCUT2D eigenvalue weighted by atomic mass is 32.1. The Morgan fingerprint density at radius 2 is 1.70 bits per heavy atom. The molecule has 0 radical (unpaired) electrons. The van der Waals surface area contributed by atoms with Gasteiger partial charge in [0.15, 0.2) is 5.13 Å². The van der Waals surface area contributed by atoms with Crippen LogP contribution in [0.5, 0.6) is 0 Å². The molecule has 4 aromatic heterocycles. The first-order valence-corrected chi connectivity index (χ1v) is 11.6. The molecule has 33 heavy (non-hydrogen) atoms. The number of anilines is 1. The quantitative estimate of drug-likeness (QED) is 0.407. The first-order valence-electron chi connectivity index (χ1n) is 10.8. The van der Waals surface area contributed by atoms with E-state index in [1.165, 1.54) is 0 Å². The summed E-state index contributed by atoms with van der Waals surface area (Å²) in [7, 11) is 0. The van der Waals surface area contributed by atoms with Crippen molar-refractivity contribution in [3.05, 3.63) is 78.8 Å². The van der Waals surface area contributed by atoms with Gasteiger partial charge in [-0.15, -0.1) is 0 Å². The molecule has 5 heterocycles. The largest absolute Gasteiger partial charge is 0.344 e. The molecule has 0 aliphatic carbocycles. The summed E-state index contributed by atoms with van der Waals surface area (Å²) < 4.78 is 0. The molecule has 1 amide bonds. The molecule has 1 saturated heterocycles. The second kappa shape index (κ2) is 8.22. The number of para-hydroxylation sites is 1. The number of benzene rings is 1. The van der Waals surface area contributed by atoms with Gasteiger partial charge in [-0.25, -0.2) is 15.0 Å². The number of carbonyl (C=O) groups is 1. The fourth-order valence-electron chi connectivity index (χ4n) is 4.18. The van der Waals surface area contributed by atoms with Gasteiger partial charge in [-0.3, -0.25) is 9.78 Å². The van der Waals surface area contributed by atoms with Crippen LogP contribution in [-0.2, 0) is 0 Å². The highest BCUT2D eigenvalue weighted by molar-refractivity contribution is 7.21. The predicted octanol–water partition coefficient (Wildman–Crippen LogP) is 4.26. The van der Waals surface area contributed by atoms with Gasteiger partial charge < -0.3 is 9.80 Å². The number of thiazole rings is 1. The second-order valence-electron chi connectivity index (χ2n) is 7.92. The summed E-state index contributed by atoms with van der Waals surface area (Å²) in [5.41, 5.74) is 4.06. The molecule has 1 aromatic carbocycles. The Kier molecular flexibility index (Phi) is 4.92. The molecule has 8 heteroatoms. The van der Waals surface area contributed by atoms with Crippen molar-refractivity contribution in [2.24, 2.45) is 0 Å². The maximum absolute atomic E-state index is 13.6. The smallest absolute Gasteiger partial charge is 0.254 e. The van der Waals surface area contributed by atoms with Crippen LogP contribution in [0.25, 0.3) is 32.5 Å². The SMILES string of the molecule is O=C(c1cc(-c2cccnc2)nc2ccccc12)N1CCN(c2nc3cccnc3s2)CC1. The third kappa shape index (κ3) is 3.68. The molecular weight excluding hydrogens is 432 g/mol. The lowest BCUT2D eigenvalue weighted by Crippen LogP contribution is -2.48. The summed E-state index contributed by atoms with van der Waals surface area (Å²) in [4.78, 5) is 36.8. The number of amides is 1. The average molecular weight is 453 g/mol. The zero-order valence-corrected chi connectivity index (χ0v) is 18.6. The molecule has 0 unspecified atom stereocenters. The number of nitrogens with zero attached hydrogens (tertiary/aromatic N) is 6. The number of hydrogen-bond acceptors (Lipinski definition) is 7. The number of carbonyl (C=O) groups excluding carboxylic acids is 1. The molecule has 7 nitrogen and oxygen atoms in total. The van der Waals surface area contributed by atoms with Crippen LogP contribution in [0.2, 0.25) is 0 Å². The van der Waals surface area contributed by atoms with Gasteiger partial charge in [0.25, 0.3) is 5.91 Å². The van der Waals surface area contributed by atoms with E-state index in [4.69, 9.17) is 9.97 Å². The van der Waals surface area contributed by atoms with Crippen LogP contribution in [0.4, 0.5) is 5.13 Å². The summed E-state index contributed by atoms with van der Waals surface area (Å²) in [6, 6.07) is 17.4. The van der Waals surface area contributed by atoms with Crippen molar-refractivity contribution in [3.8, 4) is 11.3 Å². The van der Waals surface area contributed by atoms with Gasteiger partial charge in [0, 0.05) is 55.7 Å². The highest BCUT2D eigenvalue weighted by Gasteiger charge is 2.26. The Labute approximate surface area is 194 Å². The van der Waals surface area contributed by atoms with Gasteiger partial charge in [0.1, 0.15) is 10.3 Å². The molecule has 0 bridgehead atoms. The number of aromatic nitrogens is 4. The van der Waals surface area contributed by atoms with E-state index in [-0.39, 0.29) is 5.91 Å². The number of rotatable bonds is 3. The van der Waals surface area contributed by atoms with E-state index in [0.717, 1.165) is 50.7 Å². The fraction of sp³-hybridized carbons (Fsp3) is 0.160. The normalized spacial score (nSPS) is 14.2. The first-order chi connectivity index (χ1) is 16.3. The summed E-state index contributed by atoms with van der Waals surface area (Å²) in [6.45, 7) is 2.76. The average Bonchev–Trinajstić information content (AvgIpc) is 3.33. The standard InChI is InChI=1S/C25H20N6OS/c32-24(30-11-13-31(14-12-30)25-29-21-8-4-10-27-23(21)33-25)19-15-22(17-5-3-9-26-16-17)28-20-7-2-1-6-18(19)20/h1-10,15-16H,11-14H2. The van der Waals surface area contributed by atoms with Crippen LogP contribution in [0.15, 0.2) is 73.2 Å². The van der Waals surface area contributed by atoms with Crippen molar-refractivity contribution < 1.29 is 4.79 Å². The Balaban J connectivity index is 1.28. The minimum Gasteiger partial charge on any atom is -0.344 e. The zero-order valence-electron chi connectivity index (χ0n) is 17.8. The van der Waals surface area contributed by atoms with E-state index in [1.807, 2.05) is 59.5 Å². The van der Waals surface area contributed by atoms with E-state index in [2.05, 4.69) is 14.9 Å². The number of piperazine rings is 1. The minimum absolute atomic E-state index is 0.0318. The molecule has 0 atom stereocenters. The molecule has 1 aliphatic rings. The van der Waals surface area contributed by atoms with Gasteiger partial charge in [-0.05, 0) is 36.4 Å². The first kappa shape index (κ1) is 19.8. The van der Waals surface area contributed by atoms with Crippen molar-refractivity contribution in [3.63, 3.8) is 0 Å². The molecule has 162 valence electrons.